The van der Waals surface area contributed by atoms with Crippen molar-refractivity contribution in [2.75, 3.05) is 10.4 Å². The first-order chi connectivity index (χ1) is 19.5. The third kappa shape index (κ3) is 6.07. The van der Waals surface area contributed by atoms with Crippen LogP contribution in [0.4, 0.5) is 11.4 Å². The van der Waals surface area contributed by atoms with Crippen LogP contribution in [0.2, 0.25) is 0 Å². The average molecular weight is 563 g/mol. The number of fused-ring (bicyclic) bond motifs is 2. The van der Waals surface area contributed by atoms with E-state index in [4.69, 9.17) is 4.99 Å². The van der Waals surface area contributed by atoms with Crippen LogP contribution in [0.3, 0.4) is 0 Å². The minimum atomic E-state index is -3.94. The van der Waals surface area contributed by atoms with Crippen LogP contribution in [0, 0.1) is 0 Å². The summed E-state index contributed by atoms with van der Waals surface area (Å²) in [5, 5.41) is 9.70. The number of hydrogen-bond acceptors (Lipinski definition) is 4. The van der Waals surface area contributed by atoms with Crippen molar-refractivity contribution in [3.05, 3.63) is 58.7 Å². The van der Waals surface area contributed by atoms with Crippen molar-refractivity contribution in [3.63, 3.8) is 0 Å². The second kappa shape index (κ2) is 12.2. The molecule has 214 valence electrons. The molecule has 0 radical (unpaired) electrons. The lowest BCUT2D eigenvalue weighted by Gasteiger charge is -2.31. The third-order valence-corrected chi connectivity index (χ3v) is 10.4. The van der Waals surface area contributed by atoms with Crippen LogP contribution >= 0.6 is 7.67 Å². The van der Waals surface area contributed by atoms with Gasteiger partial charge in [0, 0.05) is 34.5 Å². The van der Waals surface area contributed by atoms with Crippen molar-refractivity contribution in [1.29, 1.82) is 0 Å². The van der Waals surface area contributed by atoms with E-state index >= 15 is 0 Å². The molecule has 0 amide bonds. The lowest BCUT2D eigenvalue weighted by Crippen LogP contribution is -2.32. The second-order valence-electron chi connectivity index (χ2n) is 12.2. The zero-order chi connectivity index (χ0) is 27.5. The molecule has 7 nitrogen and oxygen atoms in total. The Morgan fingerprint density at radius 3 is 1.95 bits per heavy atom. The molecule has 2 aromatic carbocycles. The number of anilines is 2. The van der Waals surface area contributed by atoms with Gasteiger partial charge in [-0.3, -0.25) is 9.79 Å². The molecule has 2 aromatic rings. The topological polar surface area (TPSA) is 103 Å². The van der Waals surface area contributed by atoms with Crippen molar-refractivity contribution in [2.45, 2.75) is 114 Å². The average Bonchev–Trinajstić information content (AvgIpc) is 2.97. The fourth-order valence-corrected chi connectivity index (χ4v) is 8.45. The minimum Gasteiger partial charge on any atom is -0.382 e. The highest BCUT2D eigenvalue weighted by Gasteiger charge is 2.35. The number of carbonyl (C=O) groups is 1. The molecule has 4 N–H and O–H groups in total. The van der Waals surface area contributed by atoms with E-state index in [1.807, 2.05) is 36.4 Å². The smallest absolute Gasteiger partial charge is 0.363 e. The van der Waals surface area contributed by atoms with Crippen LogP contribution in [0.5, 0.6) is 0 Å². The molecule has 0 spiro atoms. The highest BCUT2D eigenvalue weighted by Crippen LogP contribution is 2.45. The van der Waals surface area contributed by atoms with E-state index in [0.717, 1.165) is 81.2 Å². The van der Waals surface area contributed by atoms with Gasteiger partial charge in [-0.2, -0.15) is 0 Å². The van der Waals surface area contributed by atoms with Gasteiger partial charge in [-0.25, -0.2) is 9.65 Å². The highest BCUT2D eigenvalue weighted by molar-refractivity contribution is 7.57. The number of carbonyl (C=O) groups excluding carboxylic acids is 1. The van der Waals surface area contributed by atoms with E-state index in [1.165, 1.54) is 32.1 Å². The summed E-state index contributed by atoms with van der Waals surface area (Å²) in [4.78, 5) is 30.6. The molecule has 3 saturated carbocycles. The Labute approximate surface area is 238 Å². The molecule has 0 aliphatic heterocycles. The summed E-state index contributed by atoms with van der Waals surface area (Å²) in [6, 6.07) is 12.0. The fraction of sp³-hybridized carbons (Fsp3) is 0.562. The molecule has 0 bridgehead atoms. The fourth-order valence-electron chi connectivity index (χ4n) is 7.12. The number of hydrogen-bond donors (Lipinski definition) is 4. The van der Waals surface area contributed by atoms with E-state index in [0.29, 0.717) is 28.4 Å². The first-order valence-corrected chi connectivity index (χ1v) is 17.2. The standard InChI is InChI=1S/C32H43N4O3P/c37-32-26-19-11-10-18-25(26)31(34-23-14-6-2-7-15-23)29-28(36-40(38,39)35-24-16-8-3-9-17-24)21-20-27(30(29)32)33-22-12-4-1-5-13-22/h10-11,18-24,33H,1-9,12-17H2,(H3,35,36,38,39). The zero-order valence-corrected chi connectivity index (χ0v) is 24.4. The zero-order valence-electron chi connectivity index (χ0n) is 23.5. The maximum absolute atomic E-state index is 14.2. The summed E-state index contributed by atoms with van der Waals surface area (Å²) in [5.74, 6) is -0.0526. The summed E-state index contributed by atoms with van der Waals surface area (Å²) < 4.78 is 13.6. The number of nitrogens with one attached hydrogen (secondary N) is 3. The second-order valence-corrected chi connectivity index (χ2v) is 13.8. The summed E-state index contributed by atoms with van der Waals surface area (Å²) in [6.07, 6.45) is 16.5. The van der Waals surface area contributed by atoms with E-state index in [1.54, 1.807) is 0 Å². The van der Waals surface area contributed by atoms with Gasteiger partial charge in [0.2, 0.25) is 0 Å². The van der Waals surface area contributed by atoms with Crippen molar-refractivity contribution >= 4 is 30.5 Å². The molecule has 1 unspecified atom stereocenters. The van der Waals surface area contributed by atoms with Gasteiger partial charge in [-0.05, 0) is 50.7 Å². The van der Waals surface area contributed by atoms with Crippen molar-refractivity contribution in [3.8, 4) is 0 Å². The van der Waals surface area contributed by atoms with Gasteiger partial charge in [0.05, 0.1) is 23.0 Å². The molecular formula is C32H43N4O3P. The van der Waals surface area contributed by atoms with Crippen molar-refractivity contribution in [1.82, 2.24) is 5.09 Å². The summed E-state index contributed by atoms with van der Waals surface area (Å²) in [7, 11) is -3.94. The molecule has 6 rings (SSSR count). The number of aliphatic imine (C=N–C) groups is 1. The Kier molecular flexibility index (Phi) is 8.43. The Morgan fingerprint density at radius 1 is 0.700 bits per heavy atom. The van der Waals surface area contributed by atoms with Crippen molar-refractivity contribution < 1.29 is 14.3 Å². The van der Waals surface area contributed by atoms with Gasteiger partial charge in [0.1, 0.15) is 0 Å². The first-order valence-electron chi connectivity index (χ1n) is 15.5. The minimum absolute atomic E-state index is 0.0119. The SMILES string of the molecule is O=C1c2ccccc2C(=NC2CCCCC2)c2c(NP(=O)(O)NC3CCCCC3)ccc(NC3CCCCC3)c21. The van der Waals surface area contributed by atoms with Gasteiger partial charge in [-0.15, -0.1) is 0 Å². The first kappa shape index (κ1) is 27.7. The monoisotopic (exact) mass is 562 g/mol. The van der Waals surface area contributed by atoms with Crippen LogP contribution < -0.4 is 15.5 Å². The van der Waals surface area contributed by atoms with E-state index in [-0.39, 0.29) is 17.9 Å². The molecule has 40 heavy (non-hydrogen) atoms. The molecule has 0 aromatic heterocycles. The maximum atomic E-state index is 14.2. The number of benzene rings is 2. The molecule has 8 heteroatoms. The van der Waals surface area contributed by atoms with Crippen LogP contribution in [0.25, 0.3) is 0 Å². The number of nitrogens with zero attached hydrogens (tertiary/aromatic N) is 1. The van der Waals surface area contributed by atoms with Crippen LogP contribution in [0.15, 0.2) is 41.4 Å². The Balaban J connectivity index is 1.45. The summed E-state index contributed by atoms with van der Waals surface area (Å²) in [5.41, 5.74) is 4.77. The van der Waals surface area contributed by atoms with Crippen LogP contribution in [-0.4, -0.2) is 34.5 Å². The number of ketones is 1. The molecule has 4 aliphatic rings. The molecule has 3 fully saturated rings. The van der Waals surface area contributed by atoms with Gasteiger partial charge in [-0.1, -0.05) is 82.1 Å². The Morgan fingerprint density at radius 2 is 1.27 bits per heavy atom. The van der Waals surface area contributed by atoms with Gasteiger partial charge in [0.15, 0.2) is 5.78 Å². The van der Waals surface area contributed by atoms with Crippen molar-refractivity contribution in [2.24, 2.45) is 4.99 Å². The third-order valence-electron chi connectivity index (χ3n) is 9.18. The largest absolute Gasteiger partial charge is 0.382 e. The Bertz CT molecular complexity index is 1310. The maximum Gasteiger partial charge on any atom is 0.363 e. The van der Waals surface area contributed by atoms with E-state index in [2.05, 4.69) is 15.5 Å². The molecule has 0 heterocycles. The lowest BCUT2D eigenvalue weighted by molar-refractivity contribution is 0.103. The van der Waals surface area contributed by atoms with Crippen LogP contribution in [-0.2, 0) is 4.57 Å². The molecule has 1 atom stereocenters. The van der Waals surface area contributed by atoms with Gasteiger partial charge >= 0.3 is 7.67 Å². The van der Waals surface area contributed by atoms with Gasteiger partial charge < -0.3 is 15.3 Å². The van der Waals surface area contributed by atoms with Crippen LogP contribution in [0.1, 0.15) is 123 Å². The molecule has 4 aliphatic carbocycles. The normalized spacial score (nSPS) is 23.3. The summed E-state index contributed by atoms with van der Waals surface area (Å²) in [6.45, 7) is 0. The number of rotatable bonds is 7. The Hall–Kier alpha value is -2.47. The predicted octanol–water partition coefficient (Wildman–Crippen LogP) is 7.58. The highest BCUT2D eigenvalue weighted by atomic mass is 31.2. The predicted molar refractivity (Wildman–Crippen MR) is 163 cm³/mol. The summed E-state index contributed by atoms with van der Waals surface area (Å²) >= 11 is 0. The van der Waals surface area contributed by atoms with E-state index < -0.39 is 7.67 Å². The molecular weight excluding hydrogens is 519 g/mol. The lowest BCUT2D eigenvalue weighted by atomic mass is 9.81. The quantitative estimate of drug-likeness (QED) is 0.221. The van der Waals surface area contributed by atoms with E-state index in [9.17, 15) is 14.3 Å². The van der Waals surface area contributed by atoms with Gasteiger partial charge in [0.25, 0.3) is 0 Å². The molecule has 0 saturated heterocycles.